The van der Waals surface area contributed by atoms with Gasteiger partial charge in [0.25, 0.3) is 0 Å². The molecule has 0 aromatic heterocycles. The molecule has 1 fully saturated rings. The van der Waals surface area contributed by atoms with Crippen LogP contribution in [0.3, 0.4) is 0 Å². The topological polar surface area (TPSA) is 61.2 Å². The minimum atomic E-state index is 0.0400. The number of rotatable bonds is 3. The van der Waals surface area contributed by atoms with Crippen molar-refractivity contribution in [2.75, 3.05) is 12.3 Å². The highest BCUT2D eigenvalue weighted by Gasteiger charge is 2.30. The van der Waals surface area contributed by atoms with Crippen molar-refractivity contribution in [3.63, 3.8) is 0 Å². The quantitative estimate of drug-likeness (QED) is 0.700. The lowest BCUT2D eigenvalue weighted by atomic mass is 10.1. The number of nitriles is 1. The number of amides is 1. The number of hydrogen-bond donors (Lipinski definition) is 0. The van der Waals surface area contributed by atoms with Crippen molar-refractivity contribution in [1.82, 2.24) is 4.90 Å². The summed E-state index contributed by atoms with van der Waals surface area (Å²) < 4.78 is 0. The molecule has 0 aromatic rings. The van der Waals surface area contributed by atoms with Gasteiger partial charge in [-0.15, -0.1) is 0 Å². The maximum absolute atomic E-state index is 11.6. The molecule has 16 heavy (non-hydrogen) atoms. The molecule has 1 atom stereocenters. The molecule has 0 aliphatic carbocycles. The van der Waals surface area contributed by atoms with Gasteiger partial charge in [-0.05, 0) is 12.8 Å². The molecule has 1 unspecified atom stereocenters. The lowest BCUT2D eigenvalue weighted by molar-refractivity contribution is -0.126. The van der Waals surface area contributed by atoms with Crippen molar-refractivity contribution in [2.24, 2.45) is 5.92 Å². The van der Waals surface area contributed by atoms with E-state index in [-0.39, 0.29) is 16.9 Å². The predicted molar refractivity (Wildman–Crippen MR) is 62.3 cm³/mol. The van der Waals surface area contributed by atoms with Gasteiger partial charge >= 0.3 is 0 Å². The van der Waals surface area contributed by atoms with Gasteiger partial charge in [0.05, 0.1) is 6.07 Å². The monoisotopic (exact) mass is 238 g/mol. The third kappa shape index (κ3) is 3.38. The van der Waals surface area contributed by atoms with Crippen molar-refractivity contribution in [3.8, 4) is 6.07 Å². The van der Waals surface area contributed by atoms with Crippen LogP contribution in [0.4, 0.5) is 0 Å². The molecule has 0 saturated carbocycles. The zero-order valence-corrected chi connectivity index (χ0v) is 10.2. The van der Waals surface area contributed by atoms with Crippen molar-refractivity contribution < 1.29 is 9.59 Å². The van der Waals surface area contributed by atoms with Crippen LogP contribution >= 0.6 is 11.8 Å². The lowest BCUT2D eigenvalue weighted by Crippen LogP contribution is -2.23. The van der Waals surface area contributed by atoms with Crippen LogP contribution in [0.1, 0.15) is 20.3 Å². The first-order chi connectivity index (χ1) is 7.54. The Morgan fingerprint density at radius 3 is 2.94 bits per heavy atom. The first kappa shape index (κ1) is 12.8. The minimum Gasteiger partial charge on any atom is -0.315 e. The minimum absolute atomic E-state index is 0.0400. The maximum atomic E-state index is 11.6. The molecule has 4 nitrogen and oxygen atoms in total. The van der Waals surface area contributed by atoms with Gasteiger partial charge in [-0.25, -0.2) is 0 Å². The van der Waals surface area contributed by atoms with Crippen LogP contribution in [0.25, 0.3) is 0 Å². The molecule has 0 N–H and O–H groups in total. The Labute approximate surface area is 99.3 Å². The summed E-state index contributed by atoms with van der Waals surface area (Å²) in [6.07, 6.45) is 1.84. The highest BCUT2D eigenvalue weighted by atomic mass is 32.2. The van der Waals surface area contributed by atoms with Crippen LogP contribution in [0.2, 0.25) is 0 Å². The molecule has 1 amide bonds. The molecule has 5 heteroatoms. The third-order valence-corrected chi connectivity index (χ3v) is 3.47. The molecule has 0 bridgehead atoms. The van der Waals surface area contributed by atoms with Crippen molar-refractivity contribution in [3.05, 3.63) is 11.8 Å². The lowest BCUT2D eigenvalue weighted by Gasteiger charge is -2.15. The predicted octanol–water partition coefficient (Wildman–Crippen LogP) is 1.54. The third-order valence-electron chi connectivity index (χ3n) is 2.43. The average Bonchev–Trinajstić information content (AvgIpc) is 2.57. The van der Waals surface area contributed by atoms with Crippen molar-refractivity contribution in [2.45, 2.75) is 20.3 Å². The zero-order chi connectivity index (χ0) is 12.1. The van der Waals surface area contributed by atoms with E-state index in [1.807, 2.05) is 6.07 Å². The summed E-state index contributed by atoms with van der Waals surface area (Å²) in [5.41, 5.74) is 0.683. The van der Waals surface area contributed by atoms with Gasteiger partial charge in [0.1, 0.15) is 0 Å². The fourth-order valence-corrected chi connectivity index (χ4v) is 2.33. The van der Waals surface area contributed by atoms with E-state index in [4.69, 9.17) is 5.26 Å². The highest BCUT2D eigenvalue weighted by Crippen LogP contribution is 2.24. The van der Waals surface area contributed by atoms with E-state index in [0.29, 0.717) is 24.4 Å². The Morgan fingerprint density at radius 2 is 2.38 bits per heavy atom. The van der Waals surface area contributed by atoms with Crippen LogP contribution in [0.15, 0.2) is 11.8 Å². The van der Waals surface area contributed by atoms with Crippen LogP contribution in [0, 0.1) is 17.2 Å². The van der Waals surface area contributed by atoms with E-state index in [9.17, 15) is 9.59 Å². The van der Waals surface area contributed by atoms with Gasteiger partial charge in [-0.3, -0.25) is 9.59 Å². The summed E-state index contributed by atoms with van der Waals surface area (Å²) in [7, 11) is 0. The number of carbonyl (C=O) groups is 2. The molecule has 0 aromatic carbocycles. The molecule has 0 radical (unpaired) electrons. The largest absolute Gasteiger partial charge is 0.315 e. The molecule has 1 saturated heterocycles. The standard InChI is InChI=1S/C11H14N2O2S/c1-8(3-4-12)13-6-10(5-11(13)15)7-16-9(2)14/h3,10H,5-7H2,1-2H3. The molecule has 1 heterocycles. The molecule has 0 spiro atoms. The summed E-state index contributed by atoms with van der Waals surface area (Å²) >= 11 is 1.26. The number of thioether (sulfide) groups is 1. The highest BCUT2D eigenvalue weighted by molar-refractivity contribution is 8.13. The summed E-state index contributed by atoms with van der Waals surface area (Å²) in [5, 5.41) is 8.59. The second-order valence-electron chi connectivity index (χ2n) is 3.79. The van der Waals surface area contributed by atoms with E-state index in [0.717, 1.165) is 0 Å². The normalized spacial score (nSPS) is 21.1. The molecular formula is C11H14N2O2S. The summed E-state index contributed by atoms with van der Waals surface area (Å²) in [4.78, 5) is 24.1. The fraction of sp³-hybridized carbons (Fsp3) is 0.545. The smallest absolute Gasteiger partial charge is 0.227 e. The van der Waals surface area contributed by atoms with E-state index in [2.05, 4.69) is 0 Å². The molecule has 1 aliphatic heterocycles. The van der Waals surface area contributed by atoms with E-state index < -0.39 is 0 Å². The summed E-state index contributed by atoms with van der Waals surface area (Å²) in [5.74, 6) is 0.929. The van der Waals surface area contributed by atoms with Gasteiger partial charge in [0.2, 0.25) is 5.91 Å². The maximum Gasteiger partial charge on any atom is 0.227 e. The van der Waals surface area contributed by atoms with Crippen LogP contribution in [-0.4, -0.2) is 28.2 Å². The van der Waals surface area contributed by atoms with Gasteiger partial charge in [-0.1, -0.05) is 11.8 Å². The van der Waals surface area contributed by atoms with Crippen LogP contribution in [-0.2, 0) is 9.59 Å². The molecule has 1 aliphatic rings. The van der Waals surface area contributed by atoms with Crippen LogP contribution < -0.4 is 0 Å². The van der Waals surface area contributed by atoms with Gasteiger partial charge in [0, 0.05) is 37.4 Å². The Kier molecular flexibility index (Phi) is 4.56. The fourth-order valence-electron chi connectivity index (χ4n) is 1.64. The number of allylic oxidation sites excluding steroid dienone is 2. The van der Waals surface area contributed by atoms with E-state index in [1.54, 1.807) is 11.8 Å². The Hall–Kier alpha value is -1.28. The number of carbonyl (C=O) groups excluding carboxylic acids is 2. The van der Waals surface area contributed by atoms with Crippen molar-refractivity contribution >= 4 is 22.8 Å². The Morgan fingerprint density at radius 1 is 1.69 bits per heavy atom. The van der Waals surface area contributed by atoms with Gasteiger partial charge < -0.3 is 4.90 Å². The number of hydrogen-bond acceptors (Lipinski definition) is 4. The number of likely N-dealkylation sites (tertiary alicyclic amines) is 1. The SMILES string of the molecule is CC(=O)SCC1CC(=O)N(C(C)=CC#N)C1. The first-order valence-electron chi connectivity index (χ1n) is 5.04. The number of nitrogens with zero attached hydrogens (tertiary/aromatic N) is 2. The van der Waals surface area contributed by atoms with Crippen molar-refractivity contribution in [1.29, 1.82) is 5.26 Å². The zero-order valence-electron chi connectivity index (χ0n) is 9.40. The first-order valence-corrected chi connectivity index (χ1v) is 6.03. The molecular weight excluding hydrogens is 224 g/mol. The van der Waals surface area contributed by atoms with Gasteiger partial charge in [-0.2, -0.15) is 5.26 Å². The second-order valence-corrected chi connectivity index (χ2v) is 4.99. The molecule has 1 rings (SSSR count). The summed E-state index contributed by atoms with van der Waals surface area (Å²) in [6, 6.07) is 1.91. The van der Waals surface area contributed by atoms with E-state index >= 15 is 0 Å². The van der Waals surface area contributed by atoms with Crippen LogP contribution in [0.5, 0.6) is 0 Å². The Bertz CT molecular complexity index is 371. The van der Waals surface area contributed by atoms with Gasteiger partial charge in [0.15, 0.2) is 5.12 Å². The van der Waals surface area contributed by atoms with E-state index in [1.165, 1.54) is 24.8 Å². The average molecular weight is 238 g/mol. The molecule has 86 valence electrons. The summed E-state index contributed by atoms with van der Waals surface area (Å²) in [6.45, 7) is 3.89. The second kappa shape index (κ2) is 5.71. The Balaban J connectivity index is 2.54.